The maximum Gasteiger partial charge on any atom is 0.130 e. The predicted molar refractivity (Wildman–Crippen MR) is 56.0 cm³/mol. The molecule has 0 fully saturated rings. The van der Waals surface area contributed by atoms with Crippen LogP contribution in [0.5, 0.6) is 5.75 Å². The third-order valence-corrected chi connectivity index (χ3v) is 2.09. The zero-order valence-corrected chi connectivity index (χ0v) is 8.41. The highest BCUT2D eigenvalue weighted by molar-refractivity contribution is 5.22. The van der Waals surface area contributed by atoms with E-state index in [1.807, 2.05) is 0 Å². The fraction of sp³-hybridized carbons (Fsp3) is 0.0769. The second kappa shape index (κ2) is 4.75. The minimum atomic E-state index is -0.471. The summed E-state index contributed by atoms with van der Waals surface area (Å²) in [7, 11) is 0. The van der Waals surface area contributed by atoms with Gasteiger partial charge in [-0.15, -0.1) is 0 Å². The minimum Gasteiger partial charge on any atom is -0.489 e. The van der Waals surface area contributed by atoms with Gasteiger partial charge in [0.15, 0.2) is 0 Å². The average Bonchev–Trinajstić information content (AvgIpc) is 2.32. The molecule has 0 amide bonds. The molecule has 0 N–H and O–H groups in total. The van der Waals surface area contributed by atoms with Crippen LogP contribution in [0.4, 0.5) is 8.78 Å². The molecule has 2 rings (SSSR count). The lowest BCUT2D eigenvalue weighted by Gasteiger charge is -2.06. The van der Waals surface area contributed by atoms with E-state index in [9.17, 15) is 8.78 Å². The molecule has 1 radical (unpaired) electrons. The fourth-order valence-electron chi connectivity index (χ4n) is 1.28. The number of halogens is 2. The summed E-state index contributed by atoms with van der Waals surface area (Å²) in [6, 6.07) is 12.9. The summed E-state index contributed by atoms with van der Waals surface area (Å²) in [5, 5.41) is 0. The molecule has 0 heterocycles. The van der Waals surface area contributed by atoms with E-state index in [1.54, 1.807) is 24.3 Å². The SMILES string of the molecule is Fc1ccc(F)c(COc2cc[c]cc2)c1. The molecule has 2 aromatic carbocycles. The molecule has 81 valence electrons. The average molecular weight is 219 g/mol. The molecule has 0 saturated carbocycles. The lowest BCUT2D eigenvalue weighted by Crippen LogP contribution is -1.99. The van der Waals surface area contributed by atoms with E-state index in [1.165, 1.54) is 0 Å². The number of rotatable bonds is 3. The summed E-state index contributed by atoms with van der Waals surface area (Å²) >= 11 is 0. The van der Waals surface area contributed by atoms with Crippen LogP contribution in [-0.4, -0.2) is 0 Å². The summed E-state index contributed by atoms with van der Waals surface area (Å²) in [5.41, 5.74) is 0.202. The first-order valence-electron chi connectivity index (χ1n) is 4.78. The van der Waals surface area contributed by atoms with Gasteiger partial charge in [-0.3, -0.25) is 0 Å². The molecule has 0 spiro atoms. The maximum absolute atomic E-state index is 13.2. The van der Waals surface area contributed by atoms with Gasteiger partial charge in [0.2, 0.25) is 0 Å². The first-order chi connectivity index (χ1) is 7.75. The van der Waals surface area contributed by atoms with E-state index >= 15 is 0 Å². The van der Waals surface area contributed by atoms with Gasteiger partial charge in [0.05, 0.1) is 0 Å². The van der Waals surface area contributed by atoms with Crippen molar-refractivity contribution in [2.24, 2.45) is 0 Å². The fourth-order valence-corrected chi connectivity index (χ4v) is 1.28. The van der Waals surface area contributed by atoms with Crippen molar-refractivity contribution in [1.82, 2.24) is 0 Å². The molecule has 0 aliphatic carbocycles. The third-order valence-electron chi connectivity index (χ3n) is 2.09. The molecule has 0 saturated heterocycles. The highest BCUT2D eigenvalue weighted by Crippen LogP contribution is 2.14. The van der Waals surface area contributed by atoms with E-state index in [2.05, 4.69) is 6.07 Å². The van der Waals surface area contributed by atoms with Crippen LogP contribution >= 0.6 is 0 Å². The minimum absolute atomic E-state index is 0.00755. The van der Waals surface area contributed by atoms with Gasteiger partial charge in [-0.25, -0.2) is 8.78 Å². The van der Waals surface area contributed by atoms with E-state index in [-0.39, 0.29) is 12.2 Å². The van der Waals surface area contributed by atoms with Crippen LogP contribution in [0.25, 0.3) is 0 Å². The number of hydrogen-bond donors (Lipinski definition) is 0. The van der Waals surface area contributed by atoms with Gasteiger partial charge in [0, 0.05) is 5.56 Å². The van der Waals surface area contributed by atoms with Crippen molar-refractivity contribution in [1.29, 1.82) is 0 Å². The quantitative estimate of drug-likeness (QED) is 0.769. The molecule has 2 aromatic rings. The summed E-state index contributed by atoms with van der Waals surface area (Å²) in [4.78, 5) is 0. The van der Waals surface area contributed by atoms with Crippen LogP contribution in [0, 0.1) is 17.7 Å². The van der Waals surface area contributed by atoms with Crippen LogP contribution in [0.1, 0.15) is 5.56 Å². The highest BCUT2D eigenvalue weighted by Gasteiger charge is 2.04. The Kier molecular flexibility index (Phi) is 3.15. The predicted octanol–water partition coefficient (Wildman–Crippen LogP) is 3.34. The van der Waals surface area contributed by atoms with Crippen molar-refractivity contribution in [3.8, 4) is 5.75 Å². The lowest BCUT2D eigenvalue weighted by molar-refractivity contribution is 0.299. The Labute approximate surface area is 92.3 Å². The van der Waals surface area contributed by atoms with Gasteiger partial charge in [0.25, 0.3) is 0 Å². The molecule has 0 atom stereocenters. The Bertz CT molecular complexity index is 469. The van der Waals surface area contributed by atoms with Gasteiger partial charge >= 0.3 is 0 Å². The number of hydrogen-bond acceptors (Lipinski definition) is 1. The topological polar surface area (TPSA) is 9.23 Å². The molecule has 0 aliphatic heterocycles. The lowest BCUT2D eigenvalue weighted by atomic mass is 10.2. The van der Waals surface area contributed by atoms with Crippen LogP contribution in [0.3, 0.4) is 0 Å². The summed E-state index contributed by atoms with van der Waals surface area (Å²) in [5.74, 6) is -0.340. The Morgan fingerprint density at radius 3 is 2.56 bits per heavy atom. The third kappa shape index (κ3) is 2.57. The first kappa shape index (κ1) is 10.6. The van der Waals surface area contributed by atoms with Gasteiger partial charge in [-0.05, 0) is 36.4 Å². The Morgan fingerprint density at radius 1 is 1.06 bits per heavy atom. The molecule has 3 heteroatoms. The second-order valence-electron chi connectivity index (χ2n) is 3.26. The molecule has 1 nitrogen and oxygen atoms in total. The van der Waals surface area contributed by atoms with Crippen LogP contribution < -0.4 is 4.74 Å². The van der Waals surface area contributed by atoms with E-state index in [0.29, 0.717) is 5.75 Å². The Hall–Kier alpha value is -1.90. The largest absolute Gasteiger partial charge is 0.489 e. The molecular weight excluding hydrogens is 210 g/mol. The smallest absolute Gasteiger partial charge is 0.130 e. The van der Waals surface area contributed by atoms with Crippen molar-refractivity contribution < 1.29 is 13.5 Å². The summed E-state index contributed by atoms with van der Waals surface area (Å²) < 4.78 is 31.4. The van der Waals surface area contributed by atoms with E-state index < -0.39 is 11.6 Å². The molecular formula is C13H9F2O. The van der Waals surface area contributed by atoms with Crippen molar-refractivity contribution >= 4 is 0 Å². The van der Waals surface area contributed by atoms with Crippen LogP contribution in [-0.2, 0) is 6.61 Å². The number of ether oxygens (including phenoxy) is 1. The first-order valence-corrected chi connectivity index (χ1v) is 4.78. The van der Waals surface area contributed by atoms with Gasteiger partial charge in [-0.2, -0.15) is 0 Å². The van der Waals surface area contributed by atoms with Crippen molar-refractivity contribution in [3.05, 3.63) is 65.7 Å². The normalized spacial score (nSPS) is 10.1. The molecule has 0 bridgehead atoms. The zero-order chi connectivity index (χ0) is 11.4. The summed E-state index contributed by atoms with van der Waals surface area (Å²) in [6.45, 7) is 0.00755. The molecule has 0 aromatic heterocycles. The Morgan fingerprint density at radius 2 is 1.81 bits per heavy atom. The molecule has 0 unspecified atom stereocenters. The van der Waals surface area contributed by atoms with Crippen molar-refractivity contribution in [3.63, 3.8) is 0 Å². The Balaban J connectivity index is 2.08. The zero-order valence-electron chi connectivity index (χ0n) is 8.41. The van der Waals surface area contributed by atoms with Gasteiger partial charge in [0.1, 0.15) is 24.0 Å². The van der Waals surface area contributed by atoms with Gasteiger partial charge in [-0.1, -0.05) is 12.1 Å². The summed E-state index contributed by atoms with van der Waals surface area (Å²) in [6.07, 6.45) is 0. The van der Waals surface area contributed by atoms with E-state index in [0.717, 1.165) is 18.2 Å². The van der Waals surface area contributed by atoms with Crippen LogP contribution in [0.15, 0.2) is 42.5 Å². The van der Waals surface area contributed by atoms with Gasteiger partial charge < -0.3 is 4.74 Å². The highest BCUT2D eigenvalue weighted by atomic mass is 19.1. The van der Waals surface area contributed by atoms with Crippen molar-refractivity contribution in [2.75, 3.05) is 0 Å². The monoisotopic (exact) mass is 219 g/mol. The molecule has 0 aliphatic rings. The molecule has 16 heavy (non-hydrogen) atoms. The van der Waals surface area contributed by atoms with Crippen LogP contribution in [0.2, 0.25) is 0 Å². The maximum atomic E-state index is 13.2. The van der Waals surface area contributed by atoms with E-state index in [4.69, 9.17) is 4.74 Å². The van der Waals surface area contributed by atoms with Crippen molar-refractivity contribution in [2.45, 2.75) is 6.61 Å². The number of benzene rings is 2. The second-order valence-corrected chi connectivity index (χ2v) is 3.26. The standard InChI is InChI=1S/C13H9F2O/c14-11-6-7-13(15)10(8-11)9-16-12-4-2-1-3-5-12/h2-8H,9H2.